The van der Waals surface area contributed by atoms with Crippen molar-refractivity contribution in [3.8, 4) is 0 Å². The van der Waals surface area contributed by atoms with Crippen molar-refractivity contribution in [2.75, 3.05) is 20.8 Å². The highest BCUT2D eigenvalue weighted by Crippen LogP contribution is 2.14. The molecule has 0 bridgehead atoms. The molecule has 3 heteroatoms. The van der Waals surface area contributed by atoms with Gasteiger partial charge in [0.05, 0.1) is 0 Å². The third kappa shape index (κ3) is 7.20. The lowest BCUT2D eigenvalue weighted by atomic mass is 9.94. The topological polar surface area (TPSA) is 36.1 Å². The molecular weight excluding hydrogens is 198 g/mol. The van der Waals surface area contributed by atoms with Crippen molar-refractivity contribution >= 4 is 0 Å². The average Bonchev–Trinajstić information content (AvgIpc) is 2.31. The van der Waals surface area contributed by atoms with E-state index in [0.717, 1.165) is 12.6 Å². The quantitative estimate of drug-likeness (QED) is 0.501. The smallest absolute Gasteiger partial charge is 0.0453 e. The molecule has 0 rings (SSSR count). The Labute approximate surface area is 102 Å². The molecule has 0 radical (unpaired) electrons. The van der Waals surface area contributed by atoms with Gasteiger partial charge in [-0.3, -0.25) is 0 Å². The van der Waals surface area contributed by atoms with Crippen molar-refractivity contribution in [3.63, 3.8) is 0 Å². The maximum Gasteiger partial charge on any atom is 0.0453 e. The number of hydrogen-bond donors (Lipinski definition) is 3. The van der Waals surface area contributed by atoms with Gasteiger partial charge in [0.1, 0.15) is 0 Å². The SMILES string of the molecule is CCC(C)C(CCCC(C)NCNC)NC. The maximum atomic E-state index is 3.44. The van der Waals surface area contributed by atoms with Crippen molar-refractivity contribution in [1.29, 1.82) is 0 Å². The van der Waals surface area contributed by atoms with Crippen LogP contribution in [0.4, 0.5) is 0 Å². The molecule has 3 N–H and O–H groups in total. The average molecular weight is 229 g/mol. The summed E-state index contributed by atoms with van der Waals surface area (Å²) in [5, 5.41) is 9.99. The van der Waals surface area contributed by atoms with Crippen LogP contribution in [0.5, 0.6) is 0 Å². The van der Waals surface area contributed by atoms with Crippen LogP contribution in [0.15, 0.2) is 0 Å². The first-order valence-electron chi connectivity index (χ1n) is 6.70. The van der Waals surface area contributed by atoms with Gasteiger partial charge in [0.15, 0.2) is 0 Å². The maximum absolute atomic E-state index is 3.44. The summed E-state index contributed by atoms with van der Waals surface area (Å²) in [6.45, 7) is 7.77. The molecule has 0 aromatic carbocycles. The zero-order chi connectivity index (χ0) is 12.4. The minimum absolute atomic E-state index is 0.613. The van der Waals surface area contributed by atoms with Crippen molar-refractivity contribution < 1.29 is 0 Å². The first-order valence-corrected chi connectivity index (χ1v) is 6.70. The molecule has 0 heterocycles. The second-order valence-electron chi connectivity index (χ2n) is 4.85. The molecule has 0 aliphatic carbocycles. The van der Waals surface area contributed by atoms with E-state index in [1.54, 1.807) is 0 Å². The lowest BCUT2D eigenvalue weighted by Gasteiger charge is -2.23. The molecule has 0 fully saturated rings. The minimum atomic E-state index is 0.613. The van der Waals surface area contributed by atoms with E-state index in [1.807, 2.05) is 7.05 Å². The van der Waals surface area contributed by atoms with Crippen LogP contribution < -0.4 is 16.0 Å². The predicted octanol–water partition coefficient (Wildman–Crippen LogP) is 1.95. The zero-order valence-corrected chi connectivity index (χ0v) is 11.8. The van der Waals surface area contributed by atoms with Gasteiger partial charge in [-0.1, -0.05) is 26.7 Å². The summed E-state index contributed by atoms with van der Waals surface area (Å²) < 4.78 is 0. The van der Waals surface area contributed by atoms with Gasteiger partial charge in [0, 0.05) is 18.8 Å². The molecule has 0 aromatic heterocycles. The van der Waals surface area contributed by atoms with Gasteiger partial charge in [-0.25, -0.2) is 0 Å². The van der Waals surface area contributed by atoms with Gasteiger partial charge < -0.3 is 16.0 Å². The van der Waals surface area contributed by atoms with E-state index >= 15 is 0 Å². The molecular formula is C13H31N3. The largest absolute Gasteiger partial charge is 0.317 e. The highest BCUT2D eigenvalue weighted by atomic mass is 15.1. The van der Waals surface area contributed by atoms with Crippen LogP contribution in [0.1, 0.15) is 46.5 Å². The Bertz CT molecular complexity index is 150. The number of hydrogen-bond acceptors (Lipinski definition) is 3. The fourth-order valence-corrected chi connectivity index (χ4v) is 2.02. The van der Waals surface area contributed by atoms with Crippen LogP contribution in [-0.4, -0.2) is 32.8 Å². The van der Waals surface area contributed by atoms with Crippen LogP contribution in [0.2, 0.25) is 0 Å². The Morgan fingerprint density at radius 3 is 2.25 bits per heavy atom. The van der Waals surface area contributed by atoms with Crippen LogP contribution in [0.3, 0.4) is 0 Å². The lowest BCUT2D eigenvalue weighted by Crippen LogP contribution is -2.35. The highest BCUT2D eigenvalue weighted by Gasteiger charge is 2.13. The van der Waals surface area contributed by atoms with Crippen LogP contribution in [0.25, 0.3) is 0 Å². The first kappa shape index (κ1) is 15.9. The summed E-state index contributed by atoms with van der Waals surface area (Å²) >= 11 is 0. The predicted molar refractivity (Wildman–Crippen MR) is 72.7 cm³/mol. The first-order chi connectivity index (χ1) is 7.65. The molecule has 3 nitrogen and oxygen atoms in total. The van der Waals surface area contributed by atoms with Gasteiger partial charge in [0.25, 0.3) is 0 Å². The van der Waals surface area contributed by atoms with E-state index in [-0.39, 0.29) is 0 Å². The van der Waals surface area contributed by atoms with Crippen molar-refractivity contribution in [1.82, 2.24) is 16.0 Å². The Kier molecular flexibility index (Phi) is 9.99. The summed E-state index contributed by atoms with van der Waals surface area (Å²) in [4.78, 5) is 0. The Morgan fingerprint density at radius 1 is 1.06 bits per heavy atom. The Balaban J connectivity index is 3.61. The summed E-state index contributed by atoms with van der Waals surface area (Å²) in [6.07, 6.45) is 5.11. The van der Waals surface area contributed by atoms with E-state index in [9.17, 15) is 0 Å². The molecule has 0 saturated heterocycles. The van der Waals surface area contributed by atoms with E-state index in [0.29, 0.717) is 12.1 Å². The van der Waals surface area contributed by atoms with Crippen LogP contribution >= 0.6 is 0 Å². The molecule has 16 heavy (non-hydrogen) atoms. The van der Waals surface area contributed by atoms with E-state index in [1.165, 1.54) is 25.7 Å². The normalized spacial score (nSPS) is 17.1. The van der Waals surface area contributed by atoms with Gasteiger partial charge in [-0.05, 0) is 39.8 Å². The fourth-order valence-electron chi connectivity index (χ4n) is 2.02. The Morgan fingerprint density at radius 2 is 1.75 bits per heavy atom. The summed E-state index contributed by atoms with van der Waals surface area (Å²) in [5.74, 6) is 0.783. The number of rotatable bonds is 10. The molecule has 0 spiro atoms. The molecule has 0 aliphatic heterocycles. The van der Waals surface area contributed by atoms with Crippen molar-refractivity contribution in [3.05, 3.63) is 0 Å². The van der Waals surface area contributed by atoms with Gasteiger partial charge in [-0.2, -0.15) is 0 Å². The van der Waals surface area contributed by atoms with Crippen molar-refractivity contribution in [2.24, 2.45) is 5.92 Å². The van der Waals surface area contributed by atoms with Gasteiger partial charge in [0.2, 0.25) is 0 Å². The third-order valence-corrected chi connectivity index (χ3v) is 3.48. The molecule has 98 valence electrons. The summed E-state index contributed by atoms with van der Waals surface area (Å²) in [5.41, 5.74) is 0. The standard InChI is InChI=1S/C13H31N3/c1-6-11(2)13(15-5)9-7-8-12(3)16-10-14-4/h11-16H,6-10H2,1-5H3. The highest BCUT2D eigenvalue weighted by molar-refractivity contribution is 4.72. The van der Waals surface area contributed by atoms with E-state index in [4.69, 9.17) is 0 Å². The summed E-state index contributed by atoms with van der Waals surface area (Å²) in [7, 11) is 4.05. The van der Waals surface area contributed by atoms with E-state index < -0.39 is 0 Å². The second-order valence-corrected chi connectivity index (χ2v) is 4.85. The molecule has 3 atom stereocenters. The van der Waals surface area contributed by atoms with Gasteiger partial charge >= 0.3 is 0 Å². The monoisotopic (exact) mass is 229 g/mol. The molecule has 3 unspecified atom stereocenters. The molecule has 0 aromatic rings. The molecule has 0 aliphatic rings. The lowest BCUT2D eigenvalue weighted by molar-refractivity contribution is 0.348. The minimum Gasteiger partial charge on any atom is -0.317 e. The van der Waals surface area contributed by atoms with Crippen molar-refractivity contribution in [2.45, 2.75) is 58.5 Å². The van der Waals surface area contributed by atoms with E-state index in [2.05, 4.69) is 43.8 Å². The summed E-state index contributed by atoms with van der Waals surface area (Å²) in [6, 6.07) is 1.29. The van der Waals surface area contributed by atoms with Crippen LogP contribution in [-0.2, 0) is 0 Å². The molecule has 0 saturated carbocycles. The zero-order valence-electron chi connectivity index (χ0n) is 11.8. The molecule has 0 amide bonds. The van der Waals surface area contributed by atoms with Crippen LogP contribution in [0, 0.1) is 5.92 Å². The van der Waals surface area contributed by atoms with Gasteiger partial charge in [-0.15, -0.1) is 0 Å². The second kappa shape index (κ2) is 10.1. The third-order valence-electron chi connectivity index (χ3n) is 3.48. The fraction of sp³-hybridized carbons (Fsp3) is 1.00. The number of nitrogens with one attached hydrogen (secondary N) is 3. The Hall–Kier alpha value is -0.120.